The topological polar surface area (TPSA) is 50.1 Å². The number of methoxy groups -OCH3 is 1. The molecular weight excluding hydrogens is 209 g/mol. The molecule has 0 atom stereocenters. The van der Waals surface area contributed by atoms with Gasteiger partial charge in [0.25, 0.3) is 5.24 Å². The van der Waals surface area contributed by atoms with Crippen molar-refractivity contribution in [2.24, 2.45) is 0 Å². The lowest BCUT2D eigenvalue weighted by Crippen LogP contribution is -1.98. The monoisotopic (exact) mass is 213 g/mol. The Morgan fingerprint density at radius 3 is 2.71 bits per heavy atom. The van der Waals surface area contributed by atoms with Crippen molar-refractivity contribution in [1.82, 2.24) is 0 Å². The number of halogens is 2. The number of hydrogen-bond acceptors (Lipinski definition) is 3. The summed E-state index contributed by atoms with van der Waals surface area (Å²) in [5, 5.41) is 7.68. The second-order valence-corrected chi connectivity index (χ2v) is 2.76. The number of benzene rings is 1. The summed E-state index contributed by atoms with van der Waals surface area (Å²) in [6, 6.07) is 3.64. The Kier molecular flexibility index (Phi) is 3.05. The molecule has 1 rings (SSSR count). The summed E-state index contributed by atoms with van der Waals surface area (Å²) in [5.74, 6) is -0.708. The van der Waals surface area contributed by atoms with Gasteiger partial charge in [0.1, 0.15) is 17.6 Å². The third-order valence-corrected chi connectivity index (χ3v) is 1.82. The van der Waals surface area contributed by atoms with E-state index in [2.05, 4.69) is 0 Å². The highest BCUT2D eigenvalue weighted by molar-refractivity contribution is 6.68. The molecule has 0 aliphatic carbocycles. The molecular formula is C9H5ClFNO2. The van der Waals surface area contributed by atoms with Gasteiger partial charge in [0.05, 0.1) is 18.2 Å². The summed E-state index contributed by atoms with van der Waals surface area (Å²) in [6.45, 7) is 0. The molecule has 0 aromatic heterocycles. The predicted octanol–water partition coefficient (Wildman–Crippen LogP) is 2.08. The molecule has 0 bridgehead atoms. The van der Waals surface area contributed by atoms with Crippen LogP contribution in [0, 0.1) is 17.1 Å². The number of nitriles is 1. The van der Waals surface area contributed by atoms with Crippen molar-refractivity contribution >= 4 is 16.8 Å². The molecule has 0 fully saturated rings. The highest BCUT2D eigenvalue weighted by atomic mass is 35.5. The van der Waals surface area contributed by atoms with Gasteiger partial charge < -0.3 is 4.74 Å². The van der Waals surface area contributed by atoms with E-state index < -0.39 is 11.1 Å². The molecule has 0 N–H and O–H groups in total. The molecule has 1 aromatic carbocycles. The van der Waals surface area contributed by atoms with E-state index in [1.165, 1.54) is 7.11 Å². The van der Waals surface area contributed by atoms with Crippen LogP contribution in [0.5, 0.6) is 5.75 Å². The molecule has 0 aliphatic heterocycles. The van der Waals surface area contributed by atoms with Gasteiger partial charge in [-0.2, -0.15) is 5.26 Å². The molecule has 72 valence electrons. The summed E-state index contributed by atoms with van der Waals surface area (Å²) < 4.78 is 17.8. The molecule has 3 nitrogen and oxygen atoms in total. The van der Waals surface area contributed by atoms with E-state index >= 15 is 0 Å². The minimum Gasteiger partial charge on any atom is -0.496 e. The maximum Gasteiger partial charge on any atom is 0.256 e. The van der Waals surface area contributed by atoms with Crippen LogP contribution >= 0.6 is 11.6 Å². The van der Waals surface area contributed by atoms with Gasteiger partial charge in [0.15, 0.2) is 0 Å². The largest absolute Gasteiger partial charge is 0.496 e. The van der Waals surface area contributed by atoms with Crippen LogP contribution in [0.1, 0.15) is 15.9 Å². The predicted molar refractivity (Wildman–Crippen MR) is 47.9 cm³/mol. The van der Waals surface area contributed by atoms with Crippen LogP contribution in [0.2, 0.25) is 0 Å². The summed E-state index contributed by atoms with van der Waals surface area (Å²) in [6.07, 6.45) is 0. The molecule has 0 aliphatic rings. The summed E-state index contributed by atoms with van der Waals surface area (Å²) in [4.78, 5) is 10.8. The Morgan fingerprint density at radius 2 is 2.29 bits per heavy atom. The fourth-order valence-corrected chi connectivity index (χ4v) is 1.11. The lowest BCUT2D eigenvalue weighted by molar-refractivity contribution is 0.107. The van der Waals surface area contributed by atoms with Gasteiger partial charge in [-0.15, -0.1) is 0 Å². The molecule has 0 radical (unpaired) electrons. The van der Waals surface area contributed by atoms with Crippen LogP contribution < -0.4 is 4.74 Å². The van der Waals surface area contributed by atoms with Crippen molar-refractivity contribution < 1.29 is 13.9 Å². The van der Waals surface area contributed by atoms with Crippen LogP contribution in [-0.4, -0.2) is 12.4 Å². The minimum atomic E-state index is -0.828. The molecule has 14 heavy (non-hydrogen) atoms. The highest BCUT2D eigenvalue weighted by Gasteiger charge is 2.14. The second kappa shape index (κ2) is 4.07. The summed E-state index contributed by atoms with van der Waals surface area (Å²) in [7, 11) is 1.30. The zero-order chi connectivity index (χ0) is 10.7. The van der Waals surface area contributed by atoms with Crippen LogP contribution in [0.25, 0.3) is 0 Å². The first-order valence-corrected chi connectivity index (χ1v) is 3.95. The van der Waals surface area contributed by atoms with Crippen LogP contribution in [-0.2, 0) is 0 Å². The molecule has 0 saturated heterocycles. The standard InChI is InChI=1S/C9H5ClFNO2/c1-14-8-2-5(4-12)7(11)3-6(8)9(10)13/h2-3H,1H3. The van der Waals surface area contributed by atoms with E-state index in [-0.39, 0.29) is 16.9 Å². The number of hydrogen-bond donors (Lipinski definition) is 0. The number of nitrogens with zero attached hydrogens (tertiary/aromatic N) is 1. The summed E-state index contributed by atoms with van der Waals surface area (Å²) in [5.41, 5.74) is -0.283. The van der Waals surface area contributed by atoms with Crippen LogP contribution in [0.4, 0.5) is 4.39 Å². The van der Waals surface area contributed by atoms with E-state index in [0.29, 0.717) is 0 Å². The minimum absolute atomic E-state index is 0.0861. The number of carbonyl (C=O) groups is 1. The molecule has 0 amide bonds. The van der Waals surface area contributed by atoms with Gasteiger partial charge >= 0.3 is 0 Å². The quantitative estimate of drug-likeness (QED) is 0.707. The van der Waals surface area contributed by atoms with Crippen LogP contribution in [0.3, 0.4) is 0 Å². The van der Waals surface area contributed by atoms with E-state index in [1.54, 1.807) is 6.07 Å². The van der Waals surface area contributed by atoms with Gasteiger partial charge in [-0.1, -0.05) is 0 Å². The SMILES string of the molecule is COc1cc(C#N)c(F)cc1C(=O)Cl. The van der Waals surface area contributed by atoms with E-state index in [1.807, 2.05) is 0 Å². The first-order chi connectivity index (χ1) is 6.60. The fraction of sp³-hybridized carbons (Fsp3) is 0.111. The lowest BCUT2D eigenvalue weighted by atomic mass is 10.1. The Morgan fingerprint density at radius 1 is 1.64 bits per heavy atom. The Labute approximate surface area is 84.7 Å². The van der Waals surface area contributed by atoms with Crippen LogP contribution in [0.15, 0.2) is 12.1 Å². The van der Waals surface area contributed by atoms with Crippen molar-refractivity contribution in [3.63, 3.8) is 0 Å². The molecule has 0 spiro atoms. The molecule has 0 heterocycles. The zero-order valence-corrected chi connectivity index (χ0v) is 7.93. The van der Waals surface area contributed by atoms with Gasteiger partial charge in [-0.3, -0.25) is 4.79 Å². The van der Waals surface area contributed by atoms with Crippen molar-refractivity contribution in [2.75, 3.05) is 7.11 Å². The zero-order valence-electron chi connectivity index (χ0n) is 7.17. The highest BCUT2D eigenvalue weighted by Crippen LogP contribution is 2.23. The third-order valence-electron chi connectivity index (χ3n) is 1.62. The normalized spacial score (nSPS) is 9.29. The van der Waals surface area contributed by atoms with Crippen molar-refractivity contribution in [2.45, 2.75) is 0 Å². The van der Waals surface area contributed by atoms with Gasteiger partial charge in [0.2, 0.25) is 0 Å². The Balaban J connectivity index is 3.41. The molecule has 0 saturated carbocycles. The Hall–Kier alpha value is -1.60. The number of rotatable bonds is 2. The fourth-order valence-electron chi connectivity index (χ4n) is 0.962. The number of carbonyl (C=O) groups excluding carboxylic acids is 1. The number of ether oxygens (including phenoxy) is 1. The maximum atomic E-state index is 13.0. The lowest BCUT2D eigenvalue weighted by Gasteiger charge is -2.05. The molecule has 5 heteroatoms. The maximum absolute atomic E-state index is 13.0. The second-order valence-electron chi connectivity index (χ2n) is 2.42. The van der Waals surface area contributed by atoms with E-state index in [4.69, 9.17) is 21.6 Å². The smallest absolute Gasteiger partial charge is 0.256 e. The third kappa shape index (κ3) is 1.83. The van der Waals surface area contributed by atoms with Gasteiger partial charge in [0, 0.05) is 6.07 Å². The van der Waals surface area contributed by atoms with Crippen molar-refractivity contribution in [1.29, 1.82) is 5.26 Å². The molecule has 1 aromatic rings. The Bertz CT molecular complexity index is 426. The van der Waals surface area contributed by atoms with Gasteiger partial charge in [-0.05, 0) is 17.7 Å². The molecule has 0 unspecified atom stereocenters. The van der Waals surface area contributed by atoms with E-state index in [9.17, 15) is 9.18 Å². The first-order valence-electron chi connectivity index (χ1n) is 3.57. The first kappa shape index (κ1) is 10.5. The van der Waals surface area contributed by atoms with E-state index in [0.717, 1.165) is 12.1 Å². The summed E-state index contributed by atoms with van der Waals surface area (Å²) >= 11 is 5.19. The van der Waals surface area contributed by atoms with Crippen molar-refractivity contribution in [3.05, 3.63) is 29.1 Å². The average molecular weight is 214 g/mol. The van der Waals surface area contributed by atoms with Crippen molar-refractivity contribution in [3.8, 4) is 11.8 Å². The van der Waals surface area contributed by atoms with Gasteiger partial charge in [-0.25, -0.2) is 4.39 Å². The average Bonchev–Trinajstić information content (AvgIpc) is 2.17.